The Labute approximate surface area is 129 Å². The molecular formula is C15H19ClN4O. The van der Waals surface area contributed by atoms with Gasteiger partial charge in [0.25, 0.3) is 0 Å². The van der Waals surface area contributed by atoms with E-state index in [2.05, 4.69) is 20.6 Å². The van der Waals surface area contributed by atoms with E-state index >= 15 is 0 Å². The molecule has 1 heterocycles. The van der Waals surface area contributed by atoms with Gasteiger partial charge in [-0.15, -0.1) is 0 Å². The molecule has 0 unspecified atom stereocenters. The molecule has 0 saturated carbocycles. The van der Waals surface area contributed by atoms with Crippen molar-refractivity contribution in [1.82, 2.24) is 9.97 Å². The SMILES string of the molecule is CCNc1cc(Nc2ccc(C)cc2Cl)nc(COC)n1. The first-order chi connectivity index (χ1) is 10.1. The van der Waals surface area contributed by atoms with Crippen LogP contribution in [-0.2, 0) is 11.3 Å². The maximum absolute atomic E-state index is 6.24. The summed E-state index contributed by atoms with van der Waals surface area (Å²) in [6.45, 7) is 5.16. The molecule has 0 aliphatic carbocycles. The Balaban J connectivity index is 2.29. The maximum Gasteiger partial charge on any atom is 0.158 e. The van der Waals surface area contributed by atoms with E-state index in [0.717, 1.165) is 23.6 Å². The molecular weight excluding hydrogens is 288 g/mol. The highest BCUT2D eigenvalue weighted by atomic mass is 35.5. The topological polar surface area (TPSA) is 59.1 Å². The summed E-state index contributed by atoms with van der Waals surface area (Å²) in [5.74, 6) is 2.05. The van der Waals surface area contributed by atoms with E-state index in [9.17, 15) is 0 Å². The zero-order valence-corrected chi connectivity index (χ0v) is 13.2. The number of nitrogens with zero attached hydrogens (tertiary/aromatic N) is 2. The van der Waals surface area contributed by atoms with Crippen LogP contribution >= 0.6 is 11.6 Å². The number of nitrogens with one attached hydrogen (secondary N) is 2. The van der Waals surface area contributed by atoms with Crippen LogP contribution < -0.4 is 10.6 Å². The van der Waals surface area contributed by atoms with E-state index in [-0.39, 0.29) is 0 Å². The van der Waals surface area contributed by atoms with Crippen molar-refractivity contribution in [2.24, 2.45) is 0 Å². The van der Waals surface area contributed by atoms with Crippen molar-refractivity contribution in [3.8, 4) is 0 Å². The standard InChI is InChI=1S/C15H19ClN4O/c1-4-17-13-8-14(20-15(19-13)9-21-3)18-12-6-5-10(2)7-11(12)16/h5-8H,4,9H2,1-3H3,(H2,17,18,19,20). The van der Waals surface area contributed by atoms with Gasteiger partial charge in [-0.25, -0.2) is 9.97 Å². The number of halogens is 1. The Bertz CT molecular complexity index is 594. The second-order valence-corrected chi connectivity index (χ2v) is 5.03. The van der Waals surface area contributed by atoms with Crippen LogP contribution in [0, 0.1) is 6.92 Å². The molecule has 0 saturated heterocycles. The highest BCUT2D eigenvalue weighted by Crippen LogP contribution is 2.26. The number of anilines is 3. The van der Waals surface area contributed by atoms with Gasteiger partial charge in [-0.1, -0.05) is 17.7 Å². The summed E-state index contributed by atoms with van der Waals surface area (Å²) in [6, 6.07) is 7.69. The molecule has 2 rings (SSSR count). The van der Waals surface area contributed by atoms with Crippen LogP contribution in [0.5, 0.6) is 0 Å². The first-order valence-electron chi connectivity index (χ1n) is 6.76. The number of aromatic nitrogens is 2. The summed E-state index contributed by atoms with van der Waals surface area (Å²) in [5.41, 5.74) is 1.92. The van der Waals surface area contributed by atoms with Crippen LogP contribution in [0.4, 0.5) is 17.3 Å². The summed E-state index contributed by atoms with van der Waals surface area (Å²) in [7, 11) is 1.62. The third kappa shape index (κ3) is 4.31. The molecule has 112 valence electrons. The molecule has 0 aliphatic rings. The van der Waals surface area contributed by atoms with E-state index in [1.54, 1.807) is 7.11 Å². The Morgan fingerprint density at radius 1 is 1.19 bits per heavy atom. The van der Waals surface area contributed by atoms with Gasteiger partial charge in [0.15, 0.2) is 5.82 Å². The molecule has 5 nitrogen and oxygen atoms in total. The van der Waals surface area contributed by atoms with Crippen LogP contribution in [0.1, 0.15) is 18.3 Å². The fourth-order valence-corrected chi connectivity index (χ4v) is 2.17. The summed E-state index contributed by atoms with van der Waals surface area (Å²) in [6.07, 6.45) is 0. The molecule has 0 bridgehead atoms. The third-order valence-electron chi connectivity index (χ3n) is 2.79. The Morgan fingerprint density at radius 3 is 2.62 bits per heavy atom. The highest BCUT2D eigenvalue weighted by Gasteiger charge is 2.07. The van der Waals surface area contributed by atoms with Crippen molar-refractivity contribution in [3.63, 3.8) is 0 Å². The van der Waals surface area contributed by atoms with E-state index in [0.29, 0.717) is 23.3 Å². The van der Waals surface area contributed by atoms with Crippen LogP contribution in [0.2, 0.25) is 5.02 Å². The van der Waals surface area contributed by atoms with Gasteiger partial charge in [-0.3, -0.25) is 0 Å². The Morgan fingerprint density at radius 2 is 1.95 bits per heavy atom. The average molecular weight is 307 g/mol. The van der Waals surface area contributed by atoms with E-state index in [1.165, 1.54) is 0 Å². The second kappa shape index (κ2) is 7.24. The predicted octanol–water partition coefficient (Wildman–Crippen LogP) is 3.76. The number of rotatable bonds is 6. The number of methoxy groups -OCH3 is 1. The lowest BCUT2D eigenvalue weighted by atomic mass is 10.2. The van der Waals surface area contributed by atoms with Gasteiger partial charge in [0.05, 0.1) is 10.7 Å². The monoisotopic (exact) mass is 306 g/mol. The molecule has 6 heteroatoms. The number of hydrogen-bond acceptors (Lipinski definition) is 5. The van der Waals surface area contributed by atoms with Crippen LogP contribution in [0.15, 0.2) is 24.3 Å². The van der Waals surface area contributed by atoms with Crippen molar-refractivity contribution in [1.29, 1.82) is 0 Å². The van der Waals surface area contributed by atoms with Crippen molar-refractivity contribution >= 4 is 28.9 Å². The molecule has 21 heavy (non-hydrogen) atoms. The zero-order chi connectivity index (χ0) is 15.2. The Hall–Kier alpha value is -1.85. The van der Waals surface area contributed by atoms with Gasteiger partial charge >= 0.3 is 0 Å². The molecule has 0 fully saturated rings. The van der Waals surface area contributed by atoms with Crippen molar-refractivity contribution in [3.05, 3.63) is 40.7 Å². The lowest BCUT2D eigenvalue weighted by Gasteiger charge is -2.11. The molecule has 0 amide bonds. The molecule has 1 aromatic heterocycles. The van der Waals surface area contributed by atoms with Gasteiger partial charge < -0.3 is 15.4 Å². The summed E-state index contributed by atoms with van der Waals surface area (Å²) < 4.78 is 5.10. The summed E-state index contributed by atoms with van der Waals surface area (Å²) in [4.78, 5) is 8.79. The van der Waals surface area contributed by atoms with Gasteiger partial charge in [0.1, 0.15) is 18.2 Å². The quantitative estimate of drug-likeness (QED) is 0.851. The average Bonchev–Trinajstić information content (AvgIpc) is 2.42. The third-order valence-corrected chi connectivity index (χ3v) is 3.10. The van der Waals surface area contributed by atoms with Crippen molar-refractivity contribution in [2.45, 2.75) is 20.5 Å². The molecule has 0 aliphatic heterocycles. The van der Waals surface area contributed by atoms with Gasteiger partial charge in [0.2, 0.25) is 0 Å². The molecule has 0 radical (unpaired) electrons. The molecule has 2 N–H and O–H groups in total. The van der Waals surface area contributed by atoms with Crippen LogP contribution in [-0.4, -0.2) is 23.6 Å². The number of aryl methyl sites for hydroxylation is 1. The number of ether oxygens (including phenoxy) is 1. The number of benzene rings is 1. The predicted molar refractivity (Wildman–Crippen MR) is 86.4 cm³/mol. The fraction of sp³-hybridized carbons (Fsp3) is 0.333. The minimum Gasteiger partial charge on any atom is -0.377 e. The molecule has 0 spiro atoms. The zero-order valence-electron chi connectivity index (χ0n) is 12.4. The summed E-state index contributed by atoms with van der Waals surface area (Å²) in [5, 5.41) is 7.05. The molecule has 1 aromatic carbocycles. The first-order valence-corrected chi connectivity index (χ1v) is 7.14. The number of hydrogen-bond donors (Lipinski definition) is 2. The van der Waals surface area contributed by atoms with Crippen molar-refractivity contribution in [2.75, 3.05) is 24.3 Å². The summed E-state index contributed by atoms with van der Waals surface area (Å²) >= 11 is 6.24. The maximum atomic E-state index is 6.24. The van der Waals surface area contributed by atoms with Gasteiger partial charge in [-0.2, -0.15) is 0 Å². The molecule has 2 aromatic rings. The van der Waals surface area contributed by atoms with E-state index in [1.807, 2.05) is 38.1 Å². The molecule has 0 atom stereocenters. The minimum atomic E-state index is 0.357. The first kappa shape index (κ1) is 15.5. The van der Waals surface area contributed by atoms with Crippen LogP contribution in [0.3, 0.4) is 0 Å². The normalized spacial score (nSPS) is 10.5. The van der Waals surface area contributed by atoms with E-state index in [4.69, 9.17) is 16.3 Å². The lowest BCUT2D eigenvalue weighted by Crippen LogP contribution is -2.07. The smallest absolute Gasteiger partial charge is 0.158 e. The van der Waals surface area contributed by atoms with Crippen molar-refractivity contribution < 1.29 is 4.74 Å². The van der Waals surface area contributed by atoms with E-state index < -0.39 is 0 Å². The second-order valence-electron chi connectivity index (χ2n) is 4.63. The van der Waals surface area contributed by atoms with Crippen LogP contribution in [0.25, 0.3) is 0 Å². The minimum absolute atomic E-state index is 0.357. The largest absolute Gasteiger partial charge is 0.377 e. The lowest BCUT2D eigenvalue weighted by molar-refractivity contribution is 0.178. The highest BCUT2D eigenvalue weighted by molar-refractivity contribution is 6.33. The fourth-order valence-electron chi connectivity index (χ4n) is 1.89. The Kier molecular flexibility index (Phi) is 5.36. The van der Waals surface area contributed by atoms with Gasteiger partial charge in [-0.05, 0) is 31.5 Å². The van der Waals surface area contributed by atoms with Gasteiger partial charge in [0, 0.05) is 19.7 Å².